The highest BCUT2D eigenvalue weighted by molar-refractivity contribution is 5.93. The number of carbonyl (C=O) groups is 1. The van der Waals surface area contributed by atoms with E-state index in [4.69, 9.17) is 0 Å². The summed E-state index contributed by atoms with van der Waals surface area (Å²) in [5, 5.41) is 3.09. The van der Waals surface area contributed by atoms with Crippen LogP contribution in [-0.2, 0) is 17.6 Å². The van der Waals surface area contributed by atoms with Crippen LogP contribution >= 0.6 is 0 Å². The van der Waals surface area contributed by atoms with E-state index in [0.717, 1.165) is 47.5 Å². The summed E-state index contributed by atoms with van der Waals surface area (Å²) < 4.78 is 2.03. The highest BCUT2D eigenvalue weighted by Crippen LogP contribution is 2.25. The average Bonchev–Trinajstić information content (AvgIpc) is 3.12. The molecule has 3 aromatic heterocycles. The van der Waals surface area contributed by atoms with Gasteiger partial charge in [-0.25, -0.2) is 4.98 Å². The molecule has 3 heterocycles. The maximum Gasteiger partial charge on any atom is 0.229 e. The number of nitrogens with one attached hydrogen (secondary N) is 2. The van der Waals surface area contributed by atoms with Gasteiger partial charge in [-0.1, -0.05) is 6.07 Å². The number of carbonyl (C=O) groups excluding carboxylic acids is 1. The largest absolute Gasteiger partial charge is 0.348 e. The van der Waals surface area contributed by atoms with Crippen LogP contribution in [0.15, 0.2) is 36.8 Å². The molecule has 1 aliphatic carbocycles. The molecule has 112 valence electrons. The van der Waals surface area contributed by atoms with E-state index in [1.807, 2.05) is 28.8 Å². The molecule has 1 amide bonds. The van der Waals surface area contributed by atoms with Gasteiger partial charge in [0.05, 0.1) is 12.0 Å². The van der Waals surface area contributed by atoms with Crippen LogP contribution < -0.4 is 5.32 Å². The number of H-pyrrole nitrogens is 1. The smallest absolute Gasteiger partial charge is 0.229 e. The average molecular weight is 294 g/mol. The van der Waals surface area contributed by atoms with Gasteiger partial charge in [0.1, 0.15) is 5.82 Å². The van der Waals surface area contributed by atoms with E-state index in [1.54, 1.807) is 6.33 Å². The molecule has 3 aromatic rings. The van der Waals surface area contributed by atoms with Crippen molar-refractivity contribution in [2.24, 2.45) is 5.92 Å². The lowest BCUT2D eigenvalue weighted by molar-refractivity contribution is -0.120. The summed E-state index contributed by atoms with van der Waals surface area (Å²) in [7, 11) is 0. The van der Waals surface area contributed by atoms with Crippen LogP contribution in [0.4, 0.5) is 5.82 Å². The second-order valence-electron chi connectivity index (χ2n) is 5.93. The minimum absolute atomic E-state index is 0.00233. The molecular weight excluding hydrogens is 276 g/mol. The molecule has 0 spiro atoms. The Morgan fingerprint density at radius 1 is 1.45 bits per heavy atom. The Labute approximate surface area is 128 Å². The lowest BCUT2D eigenvalue weighted by Gasteiger charge is -2.20. The van der Waals surface area contributed by atoms with Gasteiger partial charge in [-0.2, -0.15) is 0 Å². The Morgan fingerprint density at radius 3 is 3.27 bits per heavy atom. The first kappa shape index (κ1) is 13.1. The lowest BCUT2D eigenvalue weighted by atomic mass is 9.89. The summed E-state index contributed by atoms with van der Waals surface area (Å²) in [4.78, 5) is 20.0. The van der Waals surface area contributed by atoms with Gasteiger partial charge in [0.15, 0.2) is 0 Å². The van der Waals surface area contributed by atoms with Crippen molar-refractivity contribution in [1.29, 1.82) is 0 Å². The monoisotopic (exact) mass is 294 g/mol. The molecule has 1 atom stereocenters. The zero-order chi connectivity index (χ0) is 15.1. The van der Waals surface area contributed by atoms with Gasteiger partial charge in [-0.15, -0.1) is 0 Å². The predicted octanol–water partition coefficient (Wildman–Crippen LogP) is 2.71. The van der Waals surface area contributed by atoms with Crippen molar-refractivity contribution in [3.63, 3.8) is 0 Å². The van der Waals surface area contributed by atoms with Gasteiger partial charge >= 0.3 is 0 Å². The van der Waals surface area contributed by atoms with Crippen LogP contribution in [0.2, 0.25) is 0 Å². The minimum atomic E-state index is 0.00233. The molecule has 0 saturated carbocycles. The predicted molar refractivity (Wildman–Crippen MR) is 84.9 cm³/mol. The molecule has 22 heavy (non-hydrogen) atoms. The topological polar surface area (TPSA) is 62.2 Å². The van der Waals surface area contributed by atoms with Crippen LogP contribution in [0.5, 0.6) is 0 Å². The second kappa shape index (κ2) is 5.02. The lowest BCUT2D eigenvalue weighted by Crippen LogP contribution is -2.28. The fraction of sp³-hybridized carbons (Fsp3) is 0.294. The highest BCUT2D eigenvalue weighted by atomic mass is 16.1. The van der Waals surface area contributed by atoms with Crippen molar-refractivity contribution in [2.45, 2.75) is 26.2 Å². The third-order valence-electron chi connectivity index (χ3n) is 4.49. The minimum Gasteiger partial charge on any atom is -0.348 e. The molecule has 2 N–H and O–H groups in total. The number of aryl methyl sites for hydroxylation is 2. The quantitative estimate of drug-likeness (QED) is 0.763. The molecule has 0 unspecified atom stereocenters. The number of hydrogen-bond acceptors (Lipinski definition) is 2. The molecule has 1 aliphatic rings. The van der Waals surface area contributed by atoms with E-state index in [9.17, 15) is 4.79 Å². The van der Waals surface area contributed by atoms with Crippen molar-refractivity contribution in [1.82, 2.24) is 14.4 Å². The molecule has 5 nitrogen and oxygen atoms in total. The number of amides is 1. The van der Waals surface area contributed by atoms with Crippen LogP contribution in [0.1, 0.15) is 23.4 Å². The first-order valence-corrected chi connectivity index (χ1v) is 7.61. The Hall–Kier alpha value is -2.56. The van der Waals surface area contributed by atoms with Crippen LogP contribution in [0.25, 0.3) is 5.52 Å². The molecule has 4 rings (SSSR count). The summed E-state index contributed by atoms with van der Waals surface area (Å²) in [5.41, 5.74) is 4.49. The highest BCUT2D eigenvalue weighted by Gasteiger charge is 2.26. The van der Waals surface area contributed by atoms with Crippen LogP contribution in [0.3, 0.4) is 0 Å². The third kappa shape index (κ3) is 2.09. The summed E-state index contributed by atoms with van der Waals surface area (Å²) in [6.07, 6.45) is 6.15. The number of nitrogens with zero attached hydrogens (tertiary/aromatic N) is 2. The first-order valence-electron chi connectivity index (χ1n) is 7.61. The molecule has 0 saturated heterocycles. The van der Waals surface area contributed by atoms with Gasteiger partial charge in [-0.3, -0.25) is 4.79 Å². The molecule has 0 aromatic carbocycles. The van der Waals surface area contributed by atoms with E-state index in [2.05, 4.69) is 28.3 Å². The fourth-order valence-corrected chi connectivity index (χ4v) is 3.27. The zero-order valence-corrected chi connectivity index (χ0v) is 12.5. The summed E-state index contributed by atoms with van der Waals surface area (Å²) in [6.45, 7) is 2.06. The van der Waals surface area contributed by atoms with Crippen LogP contribution in [-0.4, -0.2) is 20.3 Å². The molecule has 0 radical (unpaired) electrons. The Kier molecular flexibility index (Phi) is 2.99. The van der Waals surface area contributed by atoms with Gasteiger partial charge < -0.3 is 14.7 Å². The SMILES string of the molecule is Cc1cc(NC(=O)[C@H]2CCc3nc[nH]c3C2)n2ccccc12. The molecule has 0 bridgehead atoms. The van der Waals surface area contributed by atoms with Gasteiger partial charge in [0.2, 0.25) is 5.91 Å². The number of pyridine rings is 1. The number of imidazole rings is 1. The van der Waals surface area contributed by atoms with E-state index in [-0.39, 0.29) is 11.8 Å². The van der Waals surface area contributed by atoms with Crippen molar-refractivity contribution < 1.29 is 4.79 Å². The molecule has 5 heteroatoms. The second-order valence-corrected chi connectivity index (χ2v) is 5.93. The Balaban J connectivity index is 1.57. The third-order valence-corrected chi connectivity index (χ3v) is 4.49. The number of hydrogen-bond donors (Lipinski definition) is 2. The maximum absolute atomic E-state index is 12.6. The number of aromatic amines is 1. The summed E-state index contributed by atoms with van der Waals surface area (Å²) >= 11 is 0. The van der Waals surface area contributed by atoms with Crippen molar-refractivity contribution in [3.8, 4) is 0 Å². The molecular formula is C17H18N4O. The van der Waals surface area contributed by atoms with Crippen molar-refractivity contribution in [3.05, 3.63) is 53.7 Å². The van der Waals surface area contributed by atoms with E-state index in [0.29, 0.717) is 0 Å². The van der Waals surface area contributed by atoms with Gasteiger partial charge in [0.25, 0.3) is 0 Å². The molecule has 0 aliphatic heterocycles. The van der Waals surface area contributed by atoms with E-state index >= 15 is 0 Å². The summed E-state index contributed by atoms with van der Waals surface area (Å²) in [5.74, 6) is 0.930. The van der Waals surface area contributed by atoms with E-state index in [1.165, 1.54) is 0 Å². The normalized spacial score (nSPS) is 17.4. The standard InChI is InChI=1S/C17H18N4O/c1-11-8-16(21-7-3-2-4-15(11)21)20-17(22)12-5-6-13-14(9-12)19-10-18-13/h2-4,7-8,10,12H,5-6,9H2,1H3,(H,18,19)(H,20,22)/t12-/m0/s1. The van der Waals surface area contributed by atoms with Gasteiger partial charge in [0, 0.05) is 29.7 Å². The van der Waals surface area contributed by atoms with Crippen LogP contribution in [0, 0.1) is 12.8 Å². The van der Waals surface area contributed by atoms with E-state index < -0.39 is 0 Å². The fourth-order valence-electron chi connectivity index (χ4n) is 3.27. The summed E-state index contributed by atoms with van der Waals surface area (Å²) in [6, 6.07) is 8.06. The first-order chi connectivity index (χ1) is 10.7. The Morgan fingerprint density at radius 2 is 2.36 bits per heavy atom. The molecule has 0 fully saturated rings. The number of fused-ring (bicyclic) bond motifs is 2. The maximum atomic E-state index is 12.6. The van der Waals surface area contributed by atoms with Crippen molar-refractivity contribution in [2.75, 3.05) is 5.32 Å². The Bertz CT molecular complexity index is 845. The van der Waals surface area contributed by atoms with Gasteiger partial charge in [-0.05, 0) is 43.5 Å². The number of aromatic nitrogens is 3. The number of rotatable bonds is 2. The zero-order valence-electron chi connectivity index (χ0n) is 12.5. The van der Waals surface area contributed by atoms with Crippen molar-refractivity contribution >= 4 is 17.2 Å². The number of anilines is 1.